The van der Waals surface area contributed by atoms with Gasteiger partial charge in [0.05, 0.1) is 6.54 Å². The molecule has 0 radical (unpaired) electrons. The molecule has 1 aromatic carbocycles. The number of nitrogens with zero attached hydrogens (tertiary/aromatic N) is 2. The van der Waals surface area contributed by atoms with Crippen molar-refractivity contribution in [1.82, 2.24) is 14.9 Å². The Morgan fingerprint density at radius 2 is 1.92 bits per heavy atom. The van der Waals surface area contributed by atoms with Gasteiger partial charge in [0.25, 0.3) is 21.8 Å². The molecule has 0 saturated carbocycles. The second-order valence-corrected chi connectivity index (χ2v) is 10.8. The minimum atomic E-state index is -4.82. The predicted molar refractivity (Wildman–Crippen MR) is 130 cm³/mol. The Balaban J connectivity index is 2.04. The van der Waals surface area contributed by atoms with Gasteiger partial charge in [-0.3, -0.25) is 19.2 Å². The molecule has 194 valence electrons. The summed E-state index contributed by atoms with van der Waals surface area (Å²) in [5, 5.41) is 4.60. The molecule has 1 aromatic rings. The van der Waals surface area contributed by atoms with Gasteiger partial charge in [0.1, 0.15) is 17.9 Å². The van der Waals surface area contributed by atoms with Crippen LogP contribution in [0.1, 0.15) is 49.9 Å². The number of carbonyl (C=O) groups is 4. The zero-order valence-corrected chi connectivity index (χ0v) is 20.9. The monoisotopic (exact) mass is 520 g/mol. The van der Waals surface area contributed by atoms with E-state index >= 15 is 0 Å². The lowest BCUT2D eigenvalue weighted by atomic mass is 10.0. The molecule has 2 aliphatic rings. The summed E-state index contributed by atoms with van der Waals surface area (Å²) in [6, 6.07) is 1.94. The maximum atomic E-state index is 13.9. The summed E-state index contributed by atoms with van der Waals surface area (Å²) in [5.74, 6) is -3.79. The highest BCUT2D eigenvalue weighted by Crippen LogP contribution is 2.22. The van der Waals surface area contributed by atoms with E-state index in [-0.39, 0.29) is 37.3 Å². The van der Waals surface area contributed by atoms with E-state index in [0.29, 0.717) is 17.3 Å². The third-order valence-electron chi connectivity index (χ3n) is 5.76. The average molecular weight is 521 g/mol. The topological polar surface area (TPSA) is 142 Å². The van der Waals surface area contributed by atoms with E-state index < -0.39 is 56.3 Å². The van der Waals surface area contributed by atoms with E-state index in [2.05, 4.69) is 15.6 Å². The van der Waals surface area contributed by atoms with Crippen molar-refractivity contribution in [3.05, 3.63) is 47.9 Å². The Hall–Kier alpha value is -3.25. The number of hydrogen-bond donors (Lipinski definition) is 2. The molecule has 2 N–H and O–H groups in total. The Morgan fingerprint density at radius 1 is 1.22 bits per heavy atom. The fraction of sp³-hybridized carbons (Fsp3) is 0.458. The Morgan fingerprint density at radius 3 is 2.56 bits per heavy atom. The van der Waals surface area contributed by atoms with Crippen LogP contribution in [0.3, 0.4) is 0 Å². The highest BCUT2D eigenvalue weighted by atomic mass is 32.2. The summed E-state index contributed by atoms with van der Waals surface area (Å²) in [4.78, 5) is 55.8. The number of Topliss-reactive ketones (excluding diaryl/α,β-unsaturated/α-hetero) is 2. The van der Waals surface area contributed by atoms with Gasteiger partial charge in [0.15, 0.2) is 11.6 Å². The highest BCUT2D eigenvalue weighted by Gasteiger charge is 2.46. The number of ketones is 2. The van der Waals surface area contributed by atoms with Crippen molar-refractivity contribution >= 4 is 38.4 Å². The molecule has 0 spiro atoms. The van der Waals surface area contributed by atoms with E-state index in [1.54, 1.807) is 13.8 Å². The molecule has 0 aliphatic carbocycles. The third-order valence-corrected chi connectivity index (χ3v) is 7.54. The summed E-state index contributed by atoms with van der Waals surface area (Å²) in [5.41, 5.74) is 0.0686. The molecule has 1 unspecified atom stereocenters. The van der Waals surface area contributed by atoms with E-state index in [1.165, 1.54) is 18.2 Å². The first kappa shape index (κ1) is 27.3. The van der Waals surface area contributed by atoms with E-state index in [0.717, 1.165) is 18.3 Å². The molecule has 0 aromatic heterocycles. The number of nitrogens with one attached hydrogen (secondary N) is 2. The summed E-state index contributed by atoms with van der Waals surface area (Å²) in [6.45, 7) is 3.86. The lowest BCUT2D eigenvalue weighted by Crippen LogP contribution is -2.58. The van der Waals surface area contributed by atoms with Crippen molar-refractivity contribution < 1.29 is 32.0 Å². The van der Waals surface area contributed by atoms with Crippen molar-refractivity contribution in [3.8, 4) is 0 Å². The summed E-state index contributed by atoms with van der Waals surface area (Å²) < 4.78 is 41.1. The van der Waals surface area contributed by atoms with Gasteiger partial charge in [-0.25, -0.2) is 13.7 Å². The number of hydrogen-bond acceptors (Lipinski definition) is 8. The van der Waals surface area contributed by atoms with E-state index in [4.69, 9.17) is 0 Å². The second-order valence-electron chi connectivity index (χ2n) is 9.05. The molecule has 2 heterocycles. The number of carbonyl (C=O) groups excluding carboxylic acids is 4. The first-order valence-electron chi connectivity index (χ1n) is 11.7. The number of allylic oxidation sites excluding steroid dienone is 1. The molecule has 2 amide bonds. The number of rotatable bonds is 6. The maximum absolute atomic E-state index is 13.9. The van der Waals surface area contributed by atoms with Crippen LogP contribution < -0.4 is 10.6 Å². The molecule has 1 saturated heterocycles. The molecular weight excluding hydrogens is 491 g/mol. The van der Waals surface area contributed by atoms with Crippen molar-refractivity contribution in [2.24, 2.45) is 10.9 Å². The first-order valence-corrected chi connectivity index (χ1v) is 13.1. The molecule has 1 fully saturated rings. The normalized spacial score (nSPS) is 19.4. The van der Waals surface area contributed by atoms with Crippen LogP contribution in [0.5, 0.6) is 0 Å². The third kappa shape index (κ3) is 6.30. The molecule has 3 rings (SSSR count). The minimum absolute atomic E-state index is 0.0500. The van der Waals surface area contributed by atoms with Gasteiger partial charge in [-0.1, -0.05) is 19.9 Å². The number of benzene rings is 1. The minimum Gasteiger partial charge on any atom is -0.340 e. The van der Waals surface area contributed by atoms with Gasteiger partial charge in [-0.15, -0.1) is 0 Å². The number of aliphatic imine (C=N–C) groups is 1. The van der Waals surface area contributed by atoms with Gasteiger partial charge in [-0.2, -0.15) is 8.42 Å². The lowest BCUT2D eigenvalue weighted by Gasteiger charge is -2.33. The van der Waals surface area contributed by atoms with E-state index in [1.807, 2.05) is 0 Å². The maximum Gasteiger partial charge on any atom is 0.288 e. The highest BCUT2D eigenvalue weighted by molar-refractivity contribution is 8.06. The van der Waals surface area contributed by atoms with Crippen LogP contribution in [0.25, 0.3) is 0 Å². The van der Waals surface area contributed by atoms with Crippen LogP contribution in [0.4, 0.5) is 4.39 Å². The largest absolute Gasteiger partial charge is 0.340 e. The van der Waals surface area contributed by atoms with Crippen molar-refractivity contribution in [2.75, 3.05) is 13.1 Å². The Kier molecular flexibility index (Phi) is 8.85. The van der Waals surface area contributed by atoms with Gasteiger partial charge in [0, 0.05) is 18.2 Å². The second kappa shape index (κ2) is 11.7. The summed E-state index contributed by atoms with van der Waals surface area (Å²) in [6.07, 6.45) is 2.85. The van der Waals surface area contributed by atoms with Crippen LogP contribution in [-0.4, -0.2) is 66.3 Å². The predicted octanol–water partition coefficient (Wildman–Crippen LogP) is 1.33. The molecule has 10 nitrogen and oxygen atoms in total. The SMILES string of the molecule is CC(C)CC(NC(=O)c1ccc(F)cc1)C(=O)N([C@H]1CCCNCC1=O)S(=O)(=O)C1=NC=CCC1=O. The fourth-order valence-electron chi connectivity index (χ4n) is 4.03. The zero-order chi connectivity index (χ0) is 26.5. The lowest BCUT2D eigenvalue weighted by molar-refractivity contribution is -0.135. The molecule has 0 bridgehead atoms. The van der Waals surface area contributed by atoms with Crippen LogP contribution in [0.15, 0.2) is 41.5 Å². The summed E-state index contributed by atoms with van der Waals surface area (Å²) in [7, 11) is -4.82. The fourth-order valence-corrected chi connectivity index (χ4v) is 5.70. The summed E-state index contributed by atoms with van der Waals surface area (Å²) >= 11 is 0. The van der Waals surface area contributed by atoms with Crippen molar-refractivity contribution in [3.63, 3.8) is 0 Å². The smallest absolute Gasteiger partial charge is 0.288 e. The molecule has 2 aliphatic heterocycles. The van der Waals surface area contributed by atoms with Crippen molar-refractivity contribution in [1.29, 1.82) is 0 Å². The van der Waals surface area contributed by atoms with Crippen LogP contribution in [0, 0.1) is 11.7 Å². The van der Waals surface area contributed by atoms with Gasteiger partial charge in [0.2, 0.25) is 5.04 Å². The quantitative estimate of drug-likeness (QED) is 0.576. The van der Waals surface area contributed by atoms with Crippen molar-refractivity contribution in [2.45, 2.75) is 51.6 Å². The Bertz CT molecular complexity index is 1190. The van der Waals surface area contributed by atoms with Gasteiger partial charge < -0.3 is 10.6 Å². The molecule has 12 heteroatoms. The van der Waals surface area contributed by atoms with E-state index in [9.17, 15) is 32.0 Å². The number of amides is 2. The van der Waals surface area contributed by atoms with Gasteiger partial charge in [-0.05, 0) is 56.0 Å². The van der Waals surface area contributed by atoms with Crippen LogP contribution in [-0.2, 0) is 24.4 Å². The number of halogens is 1. The first-order chi connectivity index (χ1) is 17.0. The average Bonchev–Trinajstić information content (AvgIpc) is 3.03. The van der Waals surface area contributed by atoms with Crippen LogP contribution in [0.2, 0.25) is 0 Å². The zero-order valence-electron chi connectivity index (χ0n) is 20.1. The standard InChI is InChI=1S/C24H29FN4O6S/c1-15(2)13-18(28-22(32)16-7-9-17(25)10-8-16)24(33)29(19-5-3-11-26-14-21(19)31)36(34,35)23-20(30)6-4-12-27-23/h4,7-10,12,15,18-19,26H,3,5-6,11,13-14H2,1-2H3,(H,28,32)/t18?,19-/m0/s1. The van der Waals surface area contributed by atoms with Crippen LogP contribution >= 0.6 is 0 Å². The van der Waals surface area contributed by atoms with Gasteiger partial charge >= 0.3 is 0 Å². The molecular formula is C24H29FN4O6S. The Labute approximate surface area is 209 Å². The molecule has 36 heavy (non-hydrogen) atoms. The molecule has 2 atom stereocenters. The number of sulfonamides is 1.